The third-order valence-electron chi connectivity index (χ3n) is 9.38. The van der Waals surface area contributed by atoms with E-state index in [1.54, 1.807) is 6.07 Å². The van der Waals surface area contributed by atoms with Crippen molar-refractivity contribution >= 4 is 5.91 Å². The summed E-state index contributed by atoms with van der Waals surface area (Å²) >= 11 is 0. The molecule has 0 aromatic heterocycles. The first-order valence-corrected chi connectivity index (χ1v) is 12.4. The van der Waals surface area contributed by atoms with Crippen molar-refractivity contribution in [3.63, 3.8) is 0 Å². The number of likely N-dealkylation sites (tertiary alicyclic amines) is 1. The highest BCUT2D eigenvalue weighted by Crippen LogP contribution is 2.66. The summed E-state index contributed by atoms with van der Waals surface area (Å²) in [4.78, 5) is 13.6. The molecule has 2 heterocycles. The Bertz CT molecular complexity index is 1150. The average Bonchev–Trinajstić information content (AvgIpc) is 3.55. The maximum atomic E-state index is 14.6. The molecule has 6 heteroatoms. The summed E-state index contributed by atoms with van der Waals surface area (Å²) in [6, 6.07) is 12.8. The number of ether oxygens (including phenoxy) is 1. The number of phenolic OH excluding ortho intramolecular Hbond substituents is 1. The standard InChI is InChI=1S/C27H30N2O4/c30-20-11-10-19-15-21-27(28-25(31)18-5-2-1-3-6-18)12-4-7-22-26(27,23(19)24(20)33-22)13-14-29(21,32)16-17-8-9-17/h1-3,5-6,10-11,17,21-22,30H,4,7-9,12-16H2,(H,28,31)/t21-,22+,26-,27-,29?/m1/s1. The molecule has 1 unspecified atom stereocenters. The molecule has 33 heavy (non-hydrogen) atoms. The first-order chi connectivity index (χ1) is 16.0. The minimum Gasteiger partial charge on any atom is -0.633 e. The van der Waals surface area contributed by atoms with Crippen molar-refractivity contribution < 1.29 is 19.3 Å². The molecule has 2 N–H and O–H groups in total. The molecular formula is C27H30N2O4. The molecule has 2 aromatic carbocycles. The second-order valence-corrected chi connectivity index (χ2v) is 11.0. The van der Waals surface area contributed by atoms with Crippen LogP contribution in [0.1, 0.15) is 60.0 Å². The van der Waals surface area contributed by atoms with E-state index in [2.05, 4.69) is 5.32 Å². The van der Waals surface area contributed by atoms with Crippen molar-refractivity contribution in [2.75, 3.05) is 13.1 Å². The first kappa shape index (κ1) is 19.9. The van der Waals surface area contributed by atoms with Crippen LogP contribution in [0.2, 0.25) is 0 Å². The van der Waals surface area contributed by atoms with Crippen LogP contribution < -0.4 is 10.1 Å². The van der Waals surface area contributed by atoms with Crippen LogP contribution in [0.15, 0.2) is 42.5 Å². The van der Waals surface area contributed by atoms with Gasteiger partial charge in [0.2, 0.25) is 0 Å². The molecule has 1 saturated heterocycles. The van der Waals surface area contributed by atoms with Gasteiger partial charge in [0.15, 0.2) is 11.5 Å². The number of hydroxylamine groups is 3. The molecule has 5 aliphatic rings. The number of piperidine rings is 1. The van der Waals surface area contributed by atoms with Crippen molar-refractivity contribution in [2.45, 2.75) is 68.0 Å². The van der Waals surface area contributed by atoms with Gasteiger partial charge in [0.25, 0.3) is 5.91 Å². The number of carbonyl (C=O) groups excluding carboxylic acids is 1. The predicted molar refractivity (Wildman–Crippen MR) is 123 cm³/mol. The number of nitrogens with one attached hydrogen (secondary N) is 1. The van der Waals surface area contributed by atoms with E-state index < -0.39 is 11.0 Å². The minimum atomic E-state index is -0.677. The zero-order valence-electron chi connectivity index (χ0n) is 18.8. The third-order valence-corrected chi connectivity index (χ3v) is 9.38. The van der Waals surface area contributed by atoms with Crippen LogP contribution in [-0.2, 0) is 11.8 Å². The molecule has 0 radical (unpaired) electrons. The molecule has 172 valence electrons. The van der Waals surface area contributed by atoms with E-state index in [0.717, 1.165) is 43.2 Å². The summed E-state index contributed by atoms with van der Waals surface area (Å²) in [5, 5.41) is 28.8. The van der Waals surface area contributed by atoms with Gasteiger partial charge in [-0.25, -0.2) is 0 Å². The topological polar surface area (TPSA) is 81.6 Å². The molecule has 1 spiro atoms. The van der Waals surface area contributed by atoms with E-state index in [0.29, 0.717) is 43.2 Å². The SMILES string of the molecule is O=C(N[C@@]12CCC[C@@H]3Oc4c(O)ccc5c4[C@@]31CC[N+]([O-])(CC1CC1)[C@@H]2C5)c1ccccc1. The zero-order valence-corrected chi connectivity index (χ0v) is 18.8. The average molecular weight is 447 g/mol. The largest absolute Gasteiger partial charge is 0.633 e. The fourth-order valence-electron chi connectivity index (χ4n) is 7.92. The Hall–Kier alpha value is -2.57. The predicted octanol–water partition coefficient (Wildman–Crippen LogP) is 3.80. The number of aromatic hydroxyl groups is 1. The Morgan fingerprint density at radius 1 is 1.15 bits per heavy atom. The number of hydrogen-bond donors (Lipinski definition) is 2. The van der Waals surface area contributed by atoms with Crippen molar-refractivity contribution in [3.05, 3.63) is 64.4 Å². The minimum absolute atomic E-state index is 0.113. The summed E-state index contributed by atoms with van der Waals surface area (Å²) in [6.07, 6.45) is 6.01. The van der Waals surface area contributed by atoms with Gasteiger partial charge in [-0.1, -0.05) is 24.3 Å². The number of hydrogen-bond acceptors (Lipinski definition) is 4. The number of amides is 1. The zero-order chi connectivity index (χ0) is 22.4. The van der Waals surface area contributed by atoms with Gasteiger partial charge >= 0.3 is 0 Å². The Balaban J connectivity index is 1.43. The fraction of sp³-hybridized carbons (Fsp3) is 0.519. The summed E-state index contributed by atoms with van der Waals surface area (Å²) in [7, 11) is 0. The van der Waals surface area contributed by atoms with Gasteiger partial charge in [0.05, 0.1) is 18.5 Å². The molecular weight excluding hydrogens is 416 g/mol. The van der Waals surface area contributed by atoms with Crippen molar-refractivity contribution in [1.82, 2.24) is 5.32 Å². The van der Waals surface area contributed by atoms with Crippen LogP contribution in [0.5, 0.6) is 11.5 Å². The normalized spacial score (nSPS) is 37.7. The summed E-state index contributed by atoms with van der Waals surface area (Å²) < 4.78 is 6.25. The van der Waals surface area contributed by atoms with Crippen LogP contribution in [0.4, 0.5) is 0 Å². The summed E-state index contributed by atoms with van der Waals surface area (Å²) in [6.45, 7) is 1.20. The number of carbonyl (C=O) groups is 1. The Kier molecular flexibility index (Phi) is 3.92. The van der Waals surface area contributed by atoms with Gasteiger partial charge < -0.3 is 25.0 Å². The highest BCUT2D eigenvalue weighted by molar-refractivity contribution is 5.95. The molecule has 6 nitrogen and oxygen atoms in total. The number of phenols is 1. The van der Waals surface area contributed by atoms with Crippen molar-refractivity contribution in [3.8, 4) is 11.5 Å². The molecule has 1 amide bonds. The van der Waals surface area contributed by atoms with Crippen LogP contribution >= 0.6 is 0 Å². The molecule has 2 bridgehead atoms. The molecule has 2 aromatic rings. The molecule has 5 atom stereocenters. The lowest BCUT2D eigenvalue weighted by Gasteiger charge is -2.69. The van der Waals surface area contributed by atoms with Crippen molar-refractivity contribution in [1.29, 1.82) is 0 Å². The van der Waals surface area contributed by atoms with Gasteiger partial charge in [0.1, 0.15) is 17.7 Å². The maximum absolute atomic E-state index is 14.6. The van der Waals surface area contributed by atoms with Gasteiger partial charge in [-0.3, -0.25) is 4.79 Å². The van der Waals surface area contributed by atoms with E-state index in [4.69, 9.17) is 4.74 Å². The lowest BCUT2D eigenvalue weighted by Crippen LogP contribution is -2.84. The Labute approximate surface area is 193 Å². The van der Waals surface area contributed by atoms with Crippen molar-refractivity contribution in [2.24, 2.45) is 5.92 Å². The van der Waals surface area contributed by atoms with Crippen LogP contribution in [0.25, 0.3) is 0 Å². The smallest absolute Gasteiger partial charge is 0.251 e. The Morgan fingerprint density at radius 3 is 2.76 bits per heavy atom. The van der Waals surface area contributed by atoms with Crippen LogP contribution in [-0.4, -0.2) is 46.4 Å². The quantitative estimate of drug-likeness (QED) is 0.553. The molecule has 2 saturated carbocycles. The highest BCUT2D eigenvalue weighted by atomic mass is 16.6. The van der Waals surface area contributed by atoms with Crippen LogP contribution in [0.3, 0.4) is 0 Å². The first-order valence-electron chi connectivity index (χ1n) is 12.4. The second-order valence-electron chi connectivity index (χ2n) is 11.0. The number of rotatable bonds is 4. The van der Waals surface area contributed by atoms with E-state index in [1.807, 2.05) is 36.4 Å². The van der Waals surface area contributed by atoms with Crippen LogP contribution in [0, 0.1) is 11.1 Å². The fourth-order valence-corrected chi connectivity index (χ4v) is 7.92. The molecule has 3 fully saturated rings. The lowest BCUT2D eigenvalue weighted by atomic mass is 9.47. The molecule has 7 rings (SSSR count). The summed E-state index contributed by atoms with van der Waals surface area (Å²) in [5.41, 5.74) is 1.67. The van der Waals surface area contributed by atoms with Gasteiger partial charge in [-0.15, -0.1) is 0 Å². The monoisotopic (exact) mass is 446 g/mol. The van der Waals surface area contributed by atoms with E-state index >= 15 is 0 Å². The number of benzene rings is 2. The van der Waals surface area contributed by atoms with Gasteiger partial charge in [0, 0.05) is 29.9 Å². The van der Waals surface area contributed by atoms with Gasteiger partial charge in [-0.05, 0) is 55.9 Å². The summed E-state index contributed by atoms with van der Waals surface area (Å²) in [5.74, 6) is 1.15. The molecule has 3 aliphatic carbocycles. The second kappa shape index (κ2) is 6.51. The highest BCUT2D eigenvalue weighted by Gasteiger charge is 2.75. The van der Waals surface area contributed by atoms with E-state index in [-0.39, 0.29) is 28.4 Å². The Morgan fingerprint density at radius 2 is 1.97 bits per heavy atom. The number of nitrogens with zero attached hydrogens (tertiary/aromatic N) is 1. The van der Waals surface area contributed by atoms with E-state index in [9.17, 15) is 15.1 Å². The van der Waals surface area contributed by atoms with E-state index in [1.165, 1.54) is 0 Å². The maximum Gasteiger partial charge on any atom is 0.251 e. The van der Waals surface area contributed by atoms with Gasteiger partial charge in [-0.2, -0.15) is 0 Å². The number of quaternary nitrogens is 1. The lowest BCUT2D eigenvalue weighted by molar-refractivity contribution is -0.920. The third kappa shape index (κ3) is 2.48. The molecule has 2 aliphatic heterocycles.